The van der Waals surface area contributed by atoms with Crippen LogP contribution in [0.3, 0.4) is 0 Å². The van der Waals surface area contributed by atoms with Crippen molar-refractivity contribution >= 4 is 17.6 Å². The van der Waals surface area contributed by atoms with Gasteiger partial charge in [0.15, 0.2) is 0 Å². The molecule has 9 nitrogen and oxygen atoms in total. The average molecular weight is 364 g/mol. The van der Waals surface area contributed by atoms with Crippen molar-refractivity contribution in [2.45, 2.75) is 12.5 Å². The van der Waals surface area contributed by atoms with Crippen LogP contribution in [0.4, 0.5) is 0 Å². The minimum Gasteiger partial charge on any atom is -0.363 e. The largest absolute Gasteiger partial charge is 0.363 e. The van der Waals surface area contributed by atoms with E-state index in [-0.39, 0.29) is 12.0 Å². The molecule has 3 rings (SSSR count). The molecule has 0 radical (unpaired) electrons. The maximum Gasteiger partial charge on any atom is 0.287 e. The first-order valence-corrected chi connectivity index (χ1v) is 8.05. The second-order valence-corrected chi connectivity index (χ2v) is 5.65. The molecular formula is C18H16N6O3. The molecule has 0 aliphatic carbocycles. The lowest BCUT2D eigenvalue weighted by Gasteiger charge is -2.16. The standard InChI is InChI=1S/C18H16N6O3/c19-17(26)16(25)14(9-11-5-1-3-7-20-11)23-18(27)12-10-22-24-15(12)13-6-2-4-8-21-13/h1-8,10,14H,9H2,(H2,19,26)(H,22,24)(H,23,27). The molecule has 136 valence electrons. The number of Topliss-reactive ketones (excluding diaryl/α,β-unsaturated/α-hetero) is 1. The highest BCUT2D eigenvalue weighted by atomic mass is 16.2. The van der Waals surface area contributed by atoms with Gasteiger partial charge in [-0.05, 0) is 24.3 Å². The Morgan fingerprint density at radius 2 is 1.81 bits per heavy atom. The van der Waals surface area contributed by atoms with Gasteiger partial charge in [-0.3, -0.25) is 29.5 Å². The number of carbonyl (C=O) groups excluding carboxylic acids is 3. The van der Waals surface area contributed by atoms with Gasteiger partial charge in [0.1, 0.15) is 6.04 Å². The number of ketones is 1. The van der Waals surface area contributed by atoms with Crippen molar-refractivity contribution in [1.29, 1.82) is 0 Å². The number of pyridine rings is 2. The van der Waals surface area contributed by atoms with Crippen LogP contribution in [0.5, 0.6) is 0 Å². The summed E-state index contributed by atoms with van der Waals surface area (Å²) in [5.41, 5.74) is 6.76. The topological polar surface area (TPSA) is 144 Å². The smallest absolute Gasteiger partial charge is 0.287 e. The van der Waals surface area contributed by atoms with Gasteiger partial charge in [0.2, 0.25) is 5.78 Å². The van der Waals surface area contributed by atoms with Gasteiger partial charge in [0.25, 0.3) is 11.8 Å². The molecule has 0 saturated heterocycles. The van der Waals surface area contributed by atoms with Gasteiger partial charge >= 0.3 is 0 Å². The van der Waals surface area contributed by atoms with E-state index in [0.29, 0.717) is 17.1 Å². The average Bonchev–Trinajstić information content (AvgIpc) is 3.18. The Kier molecular flexibility index (Phi) is 5.31. The lowest BCUT2D eigenvalue weighted by Crippen LogP contribution is -2.47. The van der Waals surface area contributed by atoms with Crippen molar-refractivity contribution in [2.24, 2.45) is 5.73 Å². The van der Waals surface area contributed by atoms with Crippen LogP contribution in [0.25, 0.3) is 11.4 Å². The lowest BCUT2D eigenvalue weighted by atomic mass is 10.0. The van der Waals surface area contributed by atoms with Gasteiger partial charge in [-0.25, -0.2) is 0 Å². The quantitative estimate of drug-likeness (QED) is 0.513. The fraction of sp³-hybridized carbons (Fsp3) is 0.111. The molecule has 0 aromatic carbocycles. The molecule has 1 unspecified atom stereocenters. The molecule has 0 aliphatic heterocycles. The molecule has 9 heteroatoms. The van der Waals surface area contributed by atoms with Crippen LogP contribution in [0, 0.1) is 0 Å². The zero-order chi connectivity index (χ0) is 19.2. The Morgan fingerprint density at radius 1 is 1.07 bits per heavy atom. The minimum atomic E-state index is -1.14. The summed E-state index contributed by atoms with van der Waals surface area (Å²) in [5.74, 6) is -2.62. The molecule has 2 amide bonds. The normalized spacial score (nSPS) is 11.6. The second-order valence-electron chi connectivity index (χ2n) is 5.65. The Balaban J connectivity index is 1.84. The van der Waals surface area contributed by atoms with Crippen LogP contribution >= 0.6 is 0 Å². The number of nitrogens with zero attached hydrogens (tertiary/aromatic N) is 3. The molecule has 3 aromatic heterocycles. The third kappa shape index (κ3) is 4.21. The van der Waals surface area contributed by atoms with E-state index >= 15 is 0 Å². The number of hydrogen-bond acceptors (Lipinski definition) is 6. The molecule has 0 bridgehead atoms. The lowest BCUT2D eigenvalue weighted by molar-refractivity contribution is -0.137. The van der Waals surface area contributed by atoms with Gasteiger partial charge in [-0.1, -0.05) is 12.1 Å². The number of nitrogens with two attached hydrogens (primary N) is 1. The molecule has 0 aliphatic rings. The highest BCUT2D eigenvalue weighted by molar-refractivity contribution is 6.38. The molecule has 1 atom stereocenters. The van der Waals surface area contributed by atoms with E-state index in [4.69, 9.17) is 5.73 Å². The van der Waals surface area contributed by atoms with Gasteiger partial charge in [0, 0.05) is 24.5 Å². The van der Waals surface area contributed by atoms with E-state index in [9.17, 15) is 14.4 Å². The molecule has 0 saturated carbocycles. The summed E-state index contributed by atoms with van der Waals surface area (Å²) in [5, 5.41) is 9.13. The molecule has 0 spiro atoms. The van der Waals surface area contributed by atoms with Crippen molar-refractivity contribution in [1.82, 2.24) is 25.5 Å². The number of aromatic amines is 1. The molecule has 27 heavy (non-hydrogen) atoms. The maximum absolute atomic E-state index is 12.7. The van der Waals surface area contributed by atoms with Crippen LogP contribution in [-0.4, -0.2) is 43.8 Å². The highest BCUT2D eigenvalue weighted by Crippen LogP contribution is 2.18. The zero-order valence-electron chi connectivity index (χ0n) is 14.1. The van der Waals surface area contributed by atoms with Crippen LogP contribution in [0.2, 0.25) is 0 Å². The third-order valence-electron chi connectivity index (χ3n) is 3.81. The van der Waals surface area contributed by atoms with Gasteiger partial charge in [0.05, 0.1) is 23.1 Å². The van der Waals surface area contributed by atoms with E-state index in [1.165, 1.54) is 6.20 Å². The fourth-order valence-electron chi connectivity index (χ4n) is 2.51. The number of amides is 2. The Bertz CT molecular complexity index is 955. The first-order chi connectivity index (χ1) is 13.1. The number of carbonyl (C=O) groups is 3. The third-order valence-corrected chi connectivity index (χ3v) is 3.81. The van der Waals surface area contributed by atoms with Crippen molar-refractivity contribution in [3.8, 4) is 11.4 Å². The monoisotopic (exact) mass is 364 g/mol. The van der Waals surface area contributed by atoms with Gasteiger partial charge in [-0.15, -0.1) is 0 Å². The van der Waals surface area contributed by atoms with Crippen molar-refractivity contribution < 1.29 is 14.4 Å². The van der Waals surface area contributed by atoms with Crippen molar-refractivity contribution in [3.05, 3.63) is 66.2 Å². The molecule has 3 heterocycles. The van der Waals surface area contributed by atoms with E-state index in [0.717, 1.165) is 0 Å². The van der Waals surface area contributed by atoms with Gasteiger partial charge < -0.3 is 11.1 Å². The zero-order valence-corrected chi connectivity index (χ0v) is 14.1. The number of aromatic nitrogens is 4. The van der Waals surface area contributed by atoms with Crippen molar-refractivity contribution in [3.63, 3.8) is 0 Å². The first kappa shape index (κ1) is 17.9. The predicted octanol–water partition coefficient (Wildman–Crippen LogP) is 0.262. The minimum absolute atomic E-state index is 0.0329. The maximum atomic E-state index is 12.7. The van der Waals surface area contributed by atoms with E-state index in [1.54, 1.807) is 48.8 Å². The van der Waals surface area contributed by atoms with E-state index in [2.05, 4.69) is 25.5 Å². The predicted molar refractivity (Wildman–Crippen MR) is 95.2 cm³/mol. The summed E-state index contributed by atoms with van der Waals surface area (Å²) in [6.07, 6.45) is 4.49. The Hall–Kier alpha value is -3.88. The van der Waals surface area contributed by atoms with E-state index < -0.39 is 23.6 Å². The molecular weight excluding hydrogens is 348 g/mol. The Labute approximate surface area is 154 Å². The summed E-state index contributed by atoms with van der Waals surface area (Å²) in [6, 6.07) is 9.23. The molecule has 4 N–H and O–H groups in total. The second kappa shape index (κ2) is 8.00. The summed E-state index contributed by atoms with van der Waals surface area (Å²) < 4.78 is 0. The number of H-pyrrole nitrogens is 1. The number of nitrogens with one attached hydrogen (secondary N) is 2. The number of hydrogen-bond donors (Lipinski definition) is 3. The highest BCUT2D eigenvalue weighted by Gasteiger charge is 2.27. The number of rotatable bonds is 7. The van der Waals surface area contributed by atoms with E-state index in [1.807, 2.05) is 0 Å². The van der Waals surface area contributed by atoms with Crippen LogP contribution in [0.1, 0.15) is 16.1 Å². The van der Waals surface area contributed by atoms with Crippen LogP contribution in [-0.2, 0) is 16.0 Å². The van der Waals surface area contributed by atoms with Crippen LogP contribution < -0.4 is 11.1 Å². The SMILES string of the molecule is NC(=O)C(=O)C(Cc1ccccn1)NC(=O)c1cn[nH]c1-c1ccccn1. The Morgan fingerprint density at radius 3 is 2.44 bits per heavy atom. The summed E-state index contributed by atoms with van der Waals surface area (Å²) in [4.78, 5) is 44.5. The fourth-order valence-corrected chi connectivity index (χ4v) is 2.51. The van der Waals surface area contributed by atoms with Crippen LogP contribution in [0.15, 0.2) is 55.0 Å². The summed E-state index contributed by atoms with van der Waals surface area (Å²) in [6.45, 7) is 0. The molecule has 3 aromatic rings. The molecule has 0 fully saturated rings. The van der Waals surface area contributed by atoms with Crippen molar-refractivity contribution in [2.75, 3.05) is 0 Å². The first-order valence-electron chi connectivity index (χ1n) is 8.05. The number of primary amides is 1. The summed E-state index contributed by atoms with van der Waals surface area (Å²) in [7, 11) is 0. The van der Waals surface area contributed by atoms with Gasteiger partial charge in [-0.2, -0.15) is 5.10 Å². The summed E-state index contributed by atoms with van der Waals surface area (Å²) >= 11 is 0.